The second kappa shape index (κ2) is 3.60. The van der Waals surface area contributed by atoms with Crippen molar-refractivity contribution in [3.8, 4) is 0 Å². The molecule has 0 bridgehead atoms. The van der Waals surface area contributed by atoms with Gasteiger partial charge in [-0.3, -0.25) is 9.36 Å². The highest BCUT2D eigenvalue weighted by Crippen LogP contribution is 2.02. The summed E-state index contributed by atoms with van der Waals surface area (Å²) in [5.74, 6) is 0. The lowest BCUT2D eigenvalue weighted by Gasteiger charge is -2.10. The summed E-state index contributed by atoms with van der Waals surface area (Å²) in [6.07, 6.45) is 0.770. The van der Waals surface area contributed by atoms with Crippen LogP contribution in [0.3, 0.4) is 0 Å². The zero-order chi connectivity index (χ0) is 10.0. The Morgan fingerprint density at radius 2 is 2.15 bits per heavy atom. The standard InChI is InChI=1S/C9H14N2O2/c1-4-7(3)11-8(12)5-6(2)10-9(11)13/h5,7H,4H2,1-3H3,(H,10,13). The van der Waals surface area contributed by atoms with E-state index < -0.39 is 0 Å². The summed E-state index contributed by atoms with van der Waals surface area (Å²) in [6.45, 7) is 5.49. The molecule has 0 amide bonds. The van der Waals surface area contributed by atoms with E-state index in [1.54, 1.807) is 6.92 Å². The first-order valence-electron chi connectivity index (χ1n) is 4.38. The second-order valence-corrected chi connectivity index (χ2v) is 3.22. The number of hydrogen-bond acceptors (Lipinski definition) is 2. The minimum atomic E-state index is -0.320. The first kappa shape index (κ1) is 9.77. The lowest BCUT2D eigenvalue weighted by Crippen LogP contribution is -2.36. The van der Waals surface area contributed by atoms with Crippen LogP contribution in [0.4, 0.5) is 0 Å². The van der Waals surface area contributed by atoms with Crippen molar-refractivity contribution >= 4 is 0 Å². The molecule has 1 aromatic heterocycles. The number of H-pyrrole nitrogens is 1. The average Bonchev–Trinajstić information content (AvgIpc) is 2.02. The summed E-state index contributed by atoms with van der Waals surface area (Å²) in [4.78, 5) is 25.4. The molecule has 0 aromatic carbocycles. The largest absolute Gasteiger partial charge is 0.328 e. The first-order valence-corrected chi connectivity index (χ1v) is 4.38. The molecule has 1 unspecified atom stereocenters. The van der Waals surface area contributed by atoms with Crippen LogP contribution < -0.4 is 11.2 Å². The number of aromatic amines is 1. The van der Waals surface area contributed by atoms with Crippen molar-refractivity contribution in [3.63, 3.8) is 0 Å². The van der Waals surface area contributed by atoms with Crippen molar-refractivity contribution in [3.05, 3.63) is 32.6 Å². The van der Waals surface area contributed by atoms with Crippen molar-refractivity contribution in [1.29, 1.82) is 0 Å². The van der Waals surface area contributed by atoms with Crippen LogP contribution in [0, 0.1) is 6.92 Å². The van der Waals surface area contributed by atoms with Crippen LogP contribution in [0.15, 0.2) is 15.7 Å². The zero-order valence-corrected chi connectivity index (χ0v) is 8.13. The molecule has 0 aliphatic rings. The van der Waals surface area contributed by atoms with Gasteiger partial charge in [0.1, 0.15) is 0 Å². The number of hydrogen-bond donors (Lipinski definition) is 1. The topological polar surface area (TPSA) is 54.9 Å². The van der Waals surface area contributed by atoms with Crippen LogP contribution in [-0.4, -0.2) is 9.55 Å². The maximum absolute atomic E-state index is 11.4. The van der Waals surface area contributed by atoms with Gasteiger partial charge in [0.2, 0.25) is 0 Å². The quantitative estimate of drug-likeness (QED) is 0.736. The Morgan fingerprint density at radius 3 is 2.62 bits per heavy atom. The van der Waals surface area contributed by atoms with E-state index >= 15 is 0 Å². The molecule has 0 spiro atoms. The fourth-order valence-electron chi connectivity index (χ4n) is 1.22. The van der Waals surface area contributed by atoms with E-state index in [4.69, 9.17) is 0 Å². The fraction of sp³-hybridized carbons (Fsp3) is 0.556. The highest BCUT2D eigenvalue weighted by Gasteiger charge is 2.07. The summed E-state index contributed by atoms with van der Waals surface area (Å²) in [6, 6.07) is 1.39. The Hall–Kier alpha value is -1.32. The zero-order valence-electron chi connectivity index (χ0n) is 8.13. The van der Waals surface area contributed by atoms with Crippen LogP contribution >= 0.6 is 0 Å². The van der Waals surface area contributed by atoms with Crippen molar-refractivity contribution < 1.29 is 0 Å². The van der Waals surface area contributed by atoms with Crippen LogP contribution in [-0.2, 0) is 0 Å². The van der Waals surface area contributed by atoms with E-state index in [1.165, 1.54) is 10.6 Å². The molecule has 72 valence electrons. The minimum absolute atomic E-state index is 0.0446. The van der Waals surface area contributed by atoms with E-state index in [9.17, 15) is 9.59 Å². The third-order valence-corrected chi connectivity index (χ3v) is 2.13. The molecular formula is C9H14N2O2. The molecule has 1 rings (SSSR count). The van der Waals surface area contributed by atoms with E-state index in [0.717, 1.165) is 6.42 Å². The second-order valence-electron chi connectivity index (χ2n) is 3.22. The van der Waals surface area contributed by atoms with Gasteiger partial charge in [-0.1, -0.05) is 6.92 Å². The molecule has 0 saturated carbocycles. The molecule has 0 fully saturated rings. The highest BCUT2D eigenvalue weighted by molar-refractivity contribution is 4.97. The van der Waals surface area contributed by atoms with E-state index in [2.05, 4.69) is 4.98 Å². The average molecular weight is 182 g/mol. The number of nitrogens with one attached hydrogen (secondary N) is 1. The molecule has 13 heavy (non-hydrogen) atoms. The van der Waals surface area contributed by atoms with Crippen LogP contribution in [0.25, 0.3) is 0 Å². The predicted octanol–water partition coefficient (Wildman–Crippen LogP) is 0.816. The maximum atomic E-state index is 11.4. The first-order chi connectivity index (χ1) is 6.06. The predicted molar refractivity (Wildman–Crippen MR) is 51.1 cm³/mol. The van der Waals surface area contributed by atoms with Gasteiger partial charge < -0.3 is 4.98 Å². The van der Waals surface area contributed by atoms with Gasteiger partial charge in [0, 0.05) is 17.8 Å². The molecule has 4 nitrogen and oxygen atoms in total. The van der Waals surface area contributed by atoms with Gasteiger partial charge in [-0.2, -0.15) is 0 Å². The van der Waals surface area contributed by atoms with Gasteiger partial charge in [0.25, 0.3) is 5.56 Å². The Balaban J connectivity index is 3.38. The summed E-state index contributed by atoms with van der Waals surface area (Å²) in [7, 11) is 0. The summed E-state index contributed by atoms with van der Waals surface area (Å²) in [5, 5.41) is 0. The minimum Gasteiger partial charge on any atom is -0.311 e. The lowest BCUT2D eigenvalue weighted by atomic mass is 10.2. The number of nitrogens with zero attached hydrogens (tertiary/aromatic N) is 1. The molecule has 0 saturated heterocycles. The van der Waals surface area contributed by atoms with E-state index in [0.29, 0.717) is 5.69 Å². The smallest absolute Gasteiger partial charge is 0.311 e. The van der Waals surface area contributed by atoms with Crippen LogP contribution in [0.1, 0.15) is 32.0 Å². The highest BCUT2D eigenvalue weighted by atomic mass is 16.2. The van der Waals surface area contributed by atoms with Gasteiger partial charge in [-0.15, -0.1) is 0 Å². The molecule has 1 aromatic rings. The van der Waals surface area contributed by atoms with E-state index in [1.807, 2.05) is 13.8 Å². The third kappa shape index (κ3) is 1.88. The van der Waals surface area contributed by atoms with Gasteiger partial charge in [0.15, 0.2) is 0 Å². The van der Waals surface area contributed by atoms with Crippen molar-refractivity contribution in [2.24, 2.45) is 0 Å². The maximum Gasteiger partial charge on any atom is 0.328 e. The third-order valence-electron chi connectivity index (χ3n) is 2.13. The van der Waals surface area contributed by atoms with E-state index in [-0.39, 0.29) is 17.3 Å². The van der Waals surface area contributed by atoms with Gasteiger partial charge in [0.05, 0.1) is 0 Å². The van der Waals surface area contributed by atoms with Gasteiger partial charge >= 0.3 is 5.69 Å². The molecule has 0 aliphatic heterocycles. The van der Waals surface area contributed by atoms with Crippen molar-refractivity contribution in [2.75, 3.05) is 0 Å². The molecule has 0 aliphatic carbocycles. The van der Waals surface area contributed by atoms with Crippen molar-refractivity contribution in [1.82, 2.24) is 9.55 Å². The lowest BCUT2D eigenvalue weighted by molar-refractivity contribution is 0.488. The normalized spacial score (nSPS) is 12.8. The summed E-state index contributed by atoms with van der Waals surface area (Å²) >= 11 is 0. The number of aryl methyl sites for hydroxylation is 1. The Morgan fingerprint density at radius 1 is 1.54 bits per heavy atom. The van der Waals surface area contributed by atoms with Gasteiger partial charge in [-0.25, -0.2) is 4.79 Å². The summed E-state index contributed by atoms with van der Waals surface area (Å²) in [5.41, 5.74) is 0.0597. The summed E-state index contributed by atoms with van der Waals surface area (Å²) < 4.78 is 1.24. The molecular weight excluding hydrogens is 168 g/mol. The molecule has 1 atom stereocenters. The fourth-order valence-corrected chi connectivity index (χ4v) is 1.22. The Kier molecular flexibility index (Phi) is 2.70. The molecule has 1 N–H and O–H groups in total. The monoisotopic (exact) mass is 182 g/mol. The van der Waals surface area contributed by atoms with Crippen LogP contribution in [0.5, 0.6) is 0 Å². The van der Waals surface area contributed by atoms with Crippen molar-refractivity contribution in [2.45, 2.75) is 33.2 Å². The van der Waals surface area contributed by atoms with Gasteiger partial charge in [-0.05, 0) is 20.3 Å². The SMILES string of the molecule is CCC(C)n1c(=O)cc(C)[nH]c1=O. The number of aromatic nitrogens is 2. The Labute approximate surface area is 76.2 Å². The Bertz CT molecular complexity index is 372. The van der Waals surface area contributed by atoms with Crippen LogP contribution in [0.2, 0.25) is 0 Å². The number of rotatable bonds is 2. The molecule has 0 radical (unpaired) electrons. The molecule has 4 heteroatoms. The molecule has 1 heterocycles.